The minimum Gasteiger partial charge on any atom is -0.395 e. The van der Waals surface area contributed by atoms with Gasteiger partial charge in [0.1, 0.15) is 0 Å². The van der Waals surface area contributed by atoms with Crippen LogP contribution >= 0.6 is 0 Å². The molecule has 0 radical (unpaired) electrons. The Balaban J connectivity index is 0.000000325. The van der Waals surface area contributed by atoms with Crippen molar-refractivity contribution < 1.29 is 18.1 Å². The fourth-order valence-electron chi connectivity index (χ4n) is 1.21. The minimum absolute atomic E-state index is 0.529. The van der Waals surface area contributed by atoms with Crippen LogP contribution in [0.25, 0.3) is 0 Å². The van der Waals surface area contributed by atoms with Gasteiger partial charge in [0.2, 0.25) is 0 Å². The van der Waals surface area contributed by atoms with E-state index in [1.165, 1.54) is 19.4 Å². The van der Waals surface area contributed by atoms with E-state index < -0.39 is 22.5 Å². The monoisotopic (exact) mass is 266 g/mol. The van der Waals surface area contributed by atoms with Crippen LogP contribution < -0.4 is 0 Å². The molecule has 0 aromatic rings. The molecule has 7 heteroatoms. The second kappa shape index (κ2) is 8.32. The van der Waals surface area contributed by atoms with Crippen molar-refractivity contribution in [3.63, 3.8) is 0 Å². The molecule has 17 heavy (non-hydrogen) atoms. The van der Waals surface area contributed by atoms with Gasteiger partial charge in [0.15, 0.2) is 0 Å². The summed E-state index contributed by atoms with van der Waals surface area (Å²) in [5.74, 6) is -0.576. The first-order valence-electron chi connectivity index (χ1n) is 5.57. The van der Waals surface area contributed by atoms with Gasteiger partial charge in [0.25, 0.3) is 10.1 Å². The lowest BCUT2D eigenvalue weighted by molar-refractivity contribution is 0.293. The summed E-state index contributed by atoms with van der Waals surface area (Å²) in [5, 5.41) is 7.86. The van der Waals surface area contributed by atoms with Crippen molar-refractivity contribution in [3.05, 3.63) is 12.4 Å². The maximum absolute atomic E-state index is 9.63. The van der Waals surface area contributed by atoms with Crippen molar-refractivity contribution in [2.75, 3.05) is 32.6 Å². The first-order chi connectivity index (χ1) is 7.89. The topological polar surface area (TPSA) is 81.1 Å². The molecule has 0 spiro atoms. The van der Waals surface area contributed by atoms with Gasteiger partial charge in [-0.25, -0.2) is 0 Å². The lowest BCUT2D eigenvalue weighted by atomic mass is 10.3. The normalized spacial score (nSPS) is 14.8. The number of unbranched alkanes of at least 4 members (excludes halogenated alkanes) is 1. The first-order valence-corrected chi connectivity index (χ1v) is 7.18. The van der Waals surface area contributed by atoms with Crippen molar-refractivity contribution in [1.29, 1.82) is 0 Å². The van der Waals surface area contributed by atoms with Gasteiger partial charge < -0.3 is 14.9 Å². The number of aliphatic hydroxyl groups excluding tert-OH is 1. The molecule has 1 aliphatic heterocycles. The van der Waals surface area contributed by atoms with E-state index in [9.17, 15) is 8.42 Å². The molecule has 0 saturated heterocycles. The minimum atomic E-state index is -3.92. The molecule has 0 bridgehead atoms. The van der Waals surface area contributed by atoms with Gasteiger partial charge in [0, 0.05) is 26.0 Å². The van der Waals surface area contributed by atoms with Gasteiger partial charge >= 0.3 is 0 Å². The van der Waals surface area contributed by atoms with Crippen LogP contribution in [0.2, 0.25) is 0 Å². The third-order valence-corrected chi connectivity index (χ3v) is 2.78. The van der Waals surface area contributed by atoms with E-state index in [4.69, 9.17) is 9.66 Å². The molecular formula is C10H22N2O4S. The smallest absolute Gasteiger partial charge is 0.267 e. The molecule has 1 aliphatic rings. The van der Waals surface area contributed by atoms with Crippen LogP contribution in [0.4, 0.5) is 0 Å². The maximum Gasteiger partial charge on any atom is 0.267 e. The summed E-state index contributed by atoms with van der Waals surface area (Å²) in [6, 6.07) is 0. The highest BCUT2D eigenvalue weighted by Crippen LogP contribution is 2.04. The Kier molecular flexibility index (Phi) is 7.94. The molecule has 0 aliphatic carbocycles. The summed E-state index contributed by atoms with van der Waals surface area (Å²) >= 11 is 0. The van der Waals surface area contributed by atoms with Crippen molar-refractivity contribution in [3.8, 4) is 0 Å². The van der Waals surface area contributed by atoms with Crippen molar-refractivity contribution >= 4 is 10.1 Å². The highest BCUT2D eigenvalue weighted by Gasteiger charge is 2.05. The fourth-order valence-corrected chi connectivity index (χ4v) is 1.44. The Bertz CT molecular complexity index is 316. The molecule has 0 amide bonds. The number of hydrogen-bond donors (Lipinski definition) is 2. The van der Waals surface area contributed by atoms with E-state index in [0.29, 0.717) is 0 Å². The molecule has 2 N–H and O–H groups in total. The molecule has 0 unspecified atom stereocenters. The van der Waals surface area contributed by atoms with Crippen LogP contribution in [0.15, 0.2) is 12.4 Å². The molecule has 0 fully saturated rings. The maximum atomic E-state index is 9.63. The average Bonchev–Trinajstić information content (AvgIpc) is 2.60. The Morgan fingerprint density at radius 2 is 2.00 bits per heavy atom. The van der Waals surface area contributed by atoms with Gasteiger partial charge in [-0.1, -0.05) is 13.3 Å². The van der Waals surface area contributed by atoms with Gasteiger partial charge in [-0.2, -0.15) is 8.42 Å². The van der Waals surface area contributed by atoms with E-state index in [1.807, 2.05) is 0 Å². The van der Waals surface area contributed by atoms with Crippen LogP contribution in [0.5, 0.6) is 0 Å². The lowest BCUT2D eigenvalue weighted by Gasteiger charge is -2.17. The number of hydrogen-bond acceptors (Lipinski definition) is 5. The quantitative estimate of drug-likeness (QED) is 0.698. The largest absolute Gasteiger partial charge is 0.395 e. The highest BCUT2D eigenvalue weighted by atomic mass is 32.2. The van der Waals surface area contributed by atoms with Gasteiger partial charge in [-0.3, -0.25) is 4.55 Å². The molecule has 1 rings (SSSR count). The molecule has 102 valence electrons. The molecule has 1 heterocycles. The Labute approximate surface area is 103 Å². The van der Waals surface area contributed by atoms with Crippen LogP contribution in [-0.2, 0) is 10.1 Å². The summed E-state index contributed by atoms with van der Waals surface area (Å²) < 4.78 is 27.1. The summed E-state index contributed by atoms with van der Waals surface area (Å²) in [6.07, 6.45) is 6.87. The Hall–Kier alpha value is -0.790. The van der Waals surface area contributed by atoms with E-state index in [1.54, 1.807) is 0 Å². The third-order valence-electron chi connectivity index (χ3n) is 2.08. The summed E-state index contributed by atoms with van der Waals surface area (Å²) in [4.78, 5) is 4.53. The SMILES string of the molecule is CCCCN1C=CN(C)C1.O=S(=O)(O)CCO. The number of rotatable bonds is 5. The van der Waals surface area contributed by atoms with Crippen molar-refractivity contribution in [1.82, 2.24) is 9.80 Å². The Morgan fingerprint density at radius 3 is 2.29 bits per heavy atom. The zero-order chi connectivity index (χ0) is 13.3. The average molecular weight is 266 g/mol. The number of aliphatic hydroxyl groups is 1. The summed E-state index contributed by atoms with van der Waals surface area (Å²) in [6.45, 7) is 3.97. The molecule has 0 saturated carbocycles. The van der Waals surface area contributed by atoms with Gasteiger partial charge in [-0.15, -0.1) is 0 Å². The van der Waals surface area contributed by atoms with Crippen LogP contribution in [0.1, 0.15) is 19.8 Å². The second-order valence-electron chi connectivity index (χ2n) is 3.87. The molecule has 0 atom stereocenters. The van der Waals surface area contributed by atoms with E-state index in [-0.39, 0.29) is 0 Å². The predicted octanol–water partition coefficient (Wildman–Crippen LogP) is 0.329. The Morgan fingerprint density at radius 1 is 1.35 bits per heavy atom. The van der Waals surface area contributed by atoms with Crippen molar-refractivity contribution in [2.45, 2.75) is 19.8 Å². The van der Waals surface area contributed by atoms with Crippen molar-refractivity contribution in [2.24, 2.45) is 0 Å². The lowest BCUT2D eigenvalue weighted by Crippen LogP contribution is -2.23. The summed E-state index contributed by atoms with van der Waals surface area (Å²) in [7, 11) is -1.82. The highest BCUT2D eigenvalue weighted by molar-refractivity contribution is 7.85. The fraction of sp³-hybridized carbons (Fsp3) is 0.800. The second-order valence-corrected chi connectivity index (χ2v) is 5.44. The van der Waals surface area contributed by atoms with E-state index in [0.717, 1.165) is 6.67 Å². The van der Waals surface area contributed by atoms with Crippen LogP contribution in [0, 0.1) is 0 Å². The third kappa shape index (κ3) is 10.1. The number of nitrogens with zero attached hydrogens (tertiary/aromatic N) is 2. The van der Waals surface area contributed by atoms with Crippen LogP contribution in [-0.4, -0.2) is 60.5 Å². The molecule has 0 aromatic heterocycles. The van der Waals surface area contributed by atoms with Crippen LogP contribution in [0.3, 0.4) is 0 Å². The first kappa shape index (κ1) is 16.2. The van der Waals surface area contributed by atoms with E-state index >= 15 is 0 Å². The standard InChI is InChI=1S/C8H16N2.C2H6O4S/c1-3-4-5-10-7-6-9(2)8-10;3-1-2-7(4,5)6/h6-7H,3-5,8H2,1-2H3;3H,1-2H2,(H,4,5,6). The summed E-state index contributed by atoms with van der Waals surface area (Å²) in [5.41, 5.74) is 0. The molecule has 0 aromatic carbocycles. The predicted molar refractivity (Wildman–Crippen MR) is 66.9 cm³/mol. The molecular weight excluding hydrogens is 244 g/mol. The van der Waals surface area contributed by atoms with Gasteiger partial charge in [-0.05, 0) is 6.42 Å². The zero-order valence-electron chi connectivity index (χ0n) is 10.4. The van der Waals surface area contributed by atoms with E-state index in [2.05, 4.69) is 36.2 Å². The zero-order valence-corrected chi connectivity index (χ0v) is 11.2. The molecule has 6 nitrogen and oxygen atoms in total. The van der Waals surface area contributed by atoms with Gasteiger partial charge in [0.05, 0.1) is 19.0 Å².